The number of carbonyl (C=O) groups excluding carboxylic acids is 1. The zero-order chi connectivity index (χ0) is 21.9. The van der Waals surface area contributed by atoms with E-state index < -0.39 is 27.5 Å². The molecule has 0 aliphatic rings. The Morgan fingerprint density at radius 2 is 1.77 bits per heavy atom. The number of benzene rings is 2. The predicted molar refractivity (Wildman–Crippen MR) is 104 cm³/mol. The van der Waals surface area contributed by atoms with Crippen LogP contribution in [0.1, 0.15) is 21.7 Å². The lowest BCUT2D eigenvalue weighted by molar-refractivity contribution is -0.137. The summed E-state index contributed by atoms with van der Waals surface area (Å²) in [6.07, 6.45) is -3.36. The number of furan rings is 1. The minimum absolute atomic E-state index is 0.00125. The molecule has 0 unspecified atom stereocenters. The average molecular weight is 441 g/mol. The summed E-state index contributed by atoms with van der Waals surface area (Å²) >= 11 is 0. The highest BCUT2D eigenvalue weighted by atomic mass is 32.2. The maximum atomic E-state index is 12.6. The van der Waals surface area contributed by atoms with E-state index in [4.69, 9.17) is 9.15 Å². The van der Waals surface area contributed by atoms with Crippen LogP contribution in [0.15, 0.2) is 52.9 Å². The van der Waals surface area contributed by atoms with Crippen LogP contribution in [0.3, 0.4) is 0 Å². The van der Waals surface area contributed by atoms with Crippen molar-refractivity contribution in [1.82, 2.24) is 5.32 Å². The molecule has 1 heterocycles. The van der Waals surface area contributed by atoms with Gasteiger partial charge in [0.15, 0.2) is 15.6 Å². The van der Waals surface area contributed by atoms with Crippen LogP contribution in [-0.4, -0.2) is 33.7 Å². The first kappa shape index (κ1) is 21.7. The van der Waals surface area contributed by atoms with Crippen molar-refractivity contribution < 1.29 is 35.5 Å². The number of hydrogen-bond acceptors (Lipinski definition) is 5. The number of halogens is 3. The third kappa shape index (κ3) is 5.32. The second kappa shape index (κ2) is 8.39. The highest BCUT2D eigenvalue weighted by Gasteiger charge is 2.30. The Morgan fingerprint density at radius 1 is 1.10 bits per heavy atom. The van der Waals surface area contributed by atoms with Gasteiger partial charge in [-0.25, -0.2) is 8.42 Å². The van der Waals surface area contributed by atoms with Gasteiger partial charge < -0.3 is 14.5 Å². The molecule has 3 rings (SSSR count). The van der Waals surface area contributed by atoms with Crippen molar-refractivity contribution in [2.75, 3.05) is 19.4 Å². The molecule has 1 N–H and O–H groups in total. The van der Waals surface area contributed by atoms with Crippen molar-refractivity contribution in [3.05, 3.63) is 65.4 Å². The van der Waals surface area contributed by atoms with Gasteiger partial charge in [-0.05, 0) is 30.3 Å². The summed E-state index contributed by atoms with van der Waals surface area (Å²) in [5.41, 5.74) is -0.122. The number of sulfone groups is 1. The molecular weight excluding hydrogens is 423 g/mol. The van der Waals surface area contributed by atoms with Crippen molar-refractivity contribution in [1.29, 1.82) is 0 Å². The molecule has 0 radical (unpaired) electrons. The van der Waals surface area contributed by atoms with Gasteiger partial charge in [-0.2, -0.15) is 13.2 Å². The summed E-state index contributed by atoms with van der Waals surface area (Å²) in [4.78, 5) is 12.5. The average Bonchev–Trinajstić information content (AvgIpc) is 3.02. The molecule has 160 valence electrons. The topological polar surface area (TPSA) is 85.6 Å². The number of fused-ring (bicyclic) bond motifs is 1. The number of rotatable bonds is 7. The Kier molecular flexibility index (Phi) is 6.06. The summed E-state index contributed by atoms with van der Waals surface area (Å²) in [7, 11) is -3.41. The molecule has 0 saturated heterocycles. The van der Waals surface area contributed by atoms with E-state index >= 15 is 0 Å². The maximum absolute atomic E-state index is 12.6. The quantitative estimate of drug-likeness (QED) is 0.564. The number of amides is 1. The lowest BCUT2D eigenvalue weighted by Crippen LogP contribution is -2.28. The van der Waals surface area contributed by atoms with E-state index in [2.05, 4.69) is 5.32 Å². The third-order valence-corrected chi connectivity index (χ3v) is 4.96. The van der Waals surface area contributed by atoms with Gasteiger partial charge in [-0.15, -0.1) is 0 Å². The molecule has 2 aromatic carbocycles. The van der Waals surface area contributed by atoms with Gasteiger partial charge in [-0.1, -0.05) is 18.2 Å². The summed E-state index contributed by atoms with van der Waals surface area (Å²) < 4.78 is 72.0. The van der Waals surface area contributed by atoms with Crippen molar-refractivity contribution in [3.63, 3.8) is 0 Å². The number of alkyl halides is 3. The summed E-state index contributed by atoms with van der Waals surface area (Å²) in [5, 5.41) is 3.10. The molecule has 0 fully saturated rings. The molecule has 6 nitrogen and oxygen atoms in total. The first-order chi connectivity index (χ1) is 14.0. The molecule has 30 heavy (non-hydrogen) atoms. The van der Waals surface area contributed by atoms with Crippen molar-refractivity contribution in [2.45, 2.75) is 11.9 Å². The van der Waals surface area contributed by atoms with Crippen LogP contribution >= 0.6 is 0 Å². The molecule has 0 bridgehead atoms. The Bertz CT molecular complexity index is 1150. The number of nitrogens with one attached hydrogen (secondary N) is 1. The van der Waals surface area contributed by atoms with Gasteiger partial charge in [0.2, 0.25) is 0 Å². The molecular formula is C20H18F3NO5S. The Balaban J connectivity index is 1.64. The van der Waals surface area contributed by atoms with Crippen LogP contribution in [0.25, 0.3) is 11.0 Å². The first-order valence-electron chi connectivity index (χ1n) is 8.81. The predicted octanol–water partition coefficient (Wildman–Crippen LogP) is 3.81. The standard InChI is InChI=1S/C20H18F3NO5S/c1-30(26,27)12-16-15-4-2-3-5-17(15)29-18(16)19(25)24-10-11-28-14-8-6-13(7-9-14)20(21,22)23/h2-9H,10-12H2,1H3,(H,24,25). The van der Waals surface area contributed by atoms with Crippen molar-refractivity contribution >= 4 is 26.7 Å². The number of carbonyl (C=O) groups is 1. The zero-order valence-electron chi connectivity index (χ0n) is 15.8. The monoisotopic (exact) mass is 441 g/mol. The van der Waals surface area contributed by atoms with E-state index in [-0.39, 0.29) is 36.0 Å². The molecule has 0 atom stereocenters. The second-order valence-corrected chi connectivity index (χ2v) is 8.74. The SMILES string of the molecule is CS(=O)(=O)Cc1c(C(=O)NCCOc2ccc(C(F)(F)F)cc2)oc2ccccc12. The zero-order valence-corrected chi connectivity index (χ0v) is 16.6. The largest absolute Gasteiger partial charge is 0.492 e. The summed E-state index contributed by atoms with van der Waals surface area (Å²) in [5.74, 6) is -0.842. The van der Waals surface area contributed by atoms with Gasteiger partial charge in [-0.3, -0.25) is 4.79 Å². The first-order valence-corrected chi connectivity index (χ1v) is 10.9. The third-order valence-electron chi connectivity index (χ3n) is 4.15. The van der Waals surface area contributed by atoms with E-state index in [1.54, 1.807) is 24.3 Å². The lowest BCUT2D eigenvalue weighted by Gasteiger charge is -2.10. The van der Waals surface area contributed by atoms with Gasteiger partial charge in [0, 0.05) is 17.2 Å². The normalized spacial score (nSPS) is 12.1. The lowest BCUT2D eigenvalue weighted by atomic mass is 10.1. The Labute approximate surface area is 170 Å². The number of hydrogen-bond donors (Lipinski definition) is 1. The second-order valence-electron chi connectivity index (χ2n) is 6.60. The van der Waals surface area contributed by atoms with E-state index in [9.17, 15) is 26.4 Å². The number of para-hydroxylation sites is 1. The van der Waals surface area contributed by atoms with Crippen LogP contribution in [0, 0.1) is 0 Å². The van der Waals surface area contributed by atoms with Crippen LogP contribution in [0.4, 0.5) is 13.2 Å². The fraction of sp³-hybridized carbons (Fsp3) is 0.250. The maximum Gasteiger partial charge on any atom is 0.416 e. The Morgan fingerprint density at radius 3 is 2.40 bits per heavy atom. The molecule has 10 heteroatoms. The molecule has 0 spiro atoms. The minimum Gasteiger partial charge on any atom is -0.492 e. The molecule has 3 aromatic rings. The van der Waals surface area contributed by atoms with E-state index in [1.807, 2.05) is 0 Å². The van der Waals surface area contributed by atoms with Crippen LogP contribution < -0.4 is 10.1 Å². The van der Waals surface area contributed by atoms with E-state index in [1.165, 1.54) is 12.1 Å². The smallest absolute Gasteiger partial charge is 0.416 e. The van der Waals surface area contributed by atoms with Gasteiger partial charge >= 0.3 is 6.18 Å². The summed E-state index contributed by atoms with van der Waals surface area (Å²) in [6, 6.07) is 10.9. The Hall–Kier alpha value is -3.01. The minimum atomic E-state index is -4.43. The highest BCUT2D eigenvalue weighted by Crippen LogP contribution is 2.30. The highest BCUT2D eigenvalue weighted by molar-refractivity contribution is 7.89. The molecule has 0 aliphatic carbocycles. The fourth-order valence-electron chi connectivity index (χ4n) is 2.84. The number of ether oxygens (including phenoxy) is 1. The van der Waals surface area contributed by atoms with Gasteiger partial charge in [0.05, 0.1) is 17.9 Å². The van der Waals surface area contributed by atoms with Gasteiger partial charge in [0.1, 0.15) is 17.9 Å². The molecule has 0 saturated carbocycles. The van der Waals surface area contributed by atoms with Gasteiger partial charge in [0.25, 0.3) is 5.91 Å². The van der Waals surface area contributed by atoms with E-state index in [0.717, 1.165) is 18.4 Å². The van der Waals surface area contributed by atoms with Crippen LogP contribution in [-0.2, 0) is 21.8 Å². The molecule has 1 amide bonds. The fourth-order valence-corrected chi connectivity index (χ4v) is 3.65. The van der Waals surface area contributed by atoms with Crippen LogP contribution in [0.5, 0.6) is 5.75 Å². The van der Waals surface area contributed by atoms with E-state index in [0.29, 0.717) is 11.0 Å². The molecule has 0 aliphatic heterocycles. The molecule has 1 aromatic heterocycles. The van der Waals surface area contributed by atoms with Crippen molar-refractivity contribution in [2.24, 2.45) is 0 Å². The van der Waals surface area contributed by atoms with Crippen LogP contribution in [0.2, 0.25) is 0 Å². The van der Waals surface area contributed by atoms with Crippen molar-refractivity contribution in [3.8, 4) is 5.75 Å². The summed E-state index contributed by atoms with van der Waals surface area (Å²) in [6.45, 7) is 0.0357.